The van der Waals surface area contributed by atoms with Crippen LogP contribution >= 0.6 is 22.9 Å². The maximum atomic E-state index is 14.6. The van der Waals surface area contributed by atoms with Crippen LogP contribution in [-0.4, -0.2) is 37.2 Å². The molecule has 0 N–H and O–H groups in total. The van der Waals surface area contributed by atoms with Crippen LogP contribution in [0.3, 0.4) is 0 Å². The second-order valence-electron chi connectivity index (χ2n) is 10.9. The summed E-state index contributed by atoms with van der Waals surface area (Å²) in [4.78, 5) is 23.4. The SMILES string of the molecule is Cc1nc2sc(C(=O)N3C4(CCCCC4)C34CCCCC4)c(-c3ccc4nonc4c3)c2c(C)c1Cl. The Morgan fingerprint density at radius 2 is 1.61 bits per heavy atom. The van der Waals surface area contributed by atoms with Gasteiger partial charge < -0.3 is 4.90 Å². The standard InChI is InChI=1S/C28H29ClN4O2S/c1-16-21-22(18-9-10-19-20(15-18)32-35-31-19)24(36-25(21)30-17(2)23(16)29)26(34)33-27(11-5-3-6-12-27)28(33)13-7-4-8-14-28/h9-10,15H,3-8,11-14H2,1-2H3. The predicted molar refractivity (Wildman–Crippen MR) is 143 cm³/mol. The number of pyridine rings is 1. The lowest BCUT2D eigenvalue weighted by atomic mass is 9.73. The molecule has 1 saturated heterocycles. The maximum absolute atomic E-state index is 14.6. The molecule has 8 heteroatoms. The van der Waals surface area contributed by atoms with E-state index in [1.54, 1.807) is 0 Å². The number of carbonyl (C=O) groups excluding carboxylic acids is 1. The van der Waals surface area contributed by atoms with E-state index >= 15 is 0 Å². The van der Waals surface area contributed by atoms with Crippen molar-refractivity contribution >= 4 is 50.1 Å². The van der Waals surface area contributed by atoms with Gasteiger partial charge in [-0.25, -0.2) is 9.61 Å². The predicted octanol–water partition coefficient (Wildman–Crippen LogP) is 7.63. The van der Waals surface area contributed by atoms with Gasteiger partial charge in [-0.15, -0.1) is 11.3 Å². The first-order chi connectivity index (χ1) is 17.5. The summed E-state index contributed by atoms with van der Waals surface area (Å²) in [7, 11) is 0. The number of aromatic nitrogens is 3. The number of benzene rings is 1. The molecule has 36 heavy (non-hydrogen) atoms. The van der Waals surface area contributed by atoms with E-state index in [4.69, 9.17) is 21.2 Å². The van der Waals surface area contributed by atoms with E-state index in [2.05, 4.69) is 15.2 Å². The second kappa shape index (κ2) is 7.99. The molecule has 1 aromatic carbocycles. The molecule has 0 unspecified atom stereocenters. The van der Waals surface area contributed by atoms with Crippen LogP contribution in [-0.2, 0) is 0 Å². The Bertz CT molecular complexity index is 1500. The quantitative estimate of drug-likeness (QED) is 0.254. The van der Waals surface area contributed by atoms with Crippen LogP contribution in [0.25, 0.3) is 32.4 Å². The van der Waals surface area contributed by atoms with E-state index in [0.29, 0.717) is 16.1 Å². The van der Waals surface area contributed by atoms with Crippen molar-refractivity contribution in [3.05, 3.63) is 39.4 Å². The van der Waals surface area contributed by atoms with Crippen molar-refractivity contribution in [1.82, 2.24) is 20.2 Å². The lowest BCUT2D eigenvalue weighted by Crippen LogP contribution is -2.30. The summed E-state index contributed by atoms with van der Waals surface area (Å²) in [5.41, 5.74) is 5.04. The number of fused-ring (bicyclic) bond motifs is 3. The molecule has 3 aliphatic rings. The molecule has 0 bridgehead atoms. The lowest BCUT2D eigenvalue weighted by molar-refractivity contribution is 0.0820. The Morgan fingerprint density at radius 1 is 0.972 bits per heavy atom. The Labute approximate surface area is 219 Å². The third-order valence-electron chi connectivity index (χ3n) is 9.15. The van der Waals surface area contributed by atoms with Crippen molar-refractivity contribution in [3.8, 4) is 11.1 Å². The van der Waals surface area contributed by atoms with Crippen molar-refractivity contribution in [1.29, 1.82) is 0 Å². The third kappa shape index (κ3) is 2.96. The molecular formula is C28H29ClN4O2S. The molecular weight excluding hydrogens is 492 g/mol. The van der Waals surface area contributed by atoms with Gasteiger partial charge in [-0.05, 0) is 73.1 Å². The fourth-order valence-corrected chi connectivity index (χ4v) is 8.87. The van der Waals surface area contributed by atoms with Crippen LogP contribution < -0.4 is 0 Å². The summed E-state index contributed by atoms with van der Waals surface area (Å²) in [5, 5.41) is 9.65. The molecule has 0 atom stereocenters. The van der Waals surface area contributed by atoms with Gasteiger partial charge in [0.25, 0.3) is 5.91 Å². The Morgan fingerprint density at radius 3 is 2.28 bits per heavy atom. The Balaban J connectivity index is 1.44. The zero-order valence-electron chi connectivity index (χ0n) is 20.7. The van der Waals surface area contributed by atoms with Crippen molar-refractivity contribution in [2.45, 2.75) is 89.1 Å². The monoisotopic (exact) mass is 520 g/mol. The van der Waals surface area contributed by atoms with Gasteiger partial charge in [0, 0.05) is 10.9 Å². The molecule has 3 fully saturated rings. The highest BCUT2D eigenvalue weighted by atomic mass is 35.5. The summed E-state index contributed by atoms with van der Waals surface area (Å²) < 4.78 is 4.95. The second-order valence-corrected chi connectivity index (χ2v) is 12.3. The van der Waals surface area contributed by atoms with Crippen LogP contribution in [0.1, 0.15) is 85.1 Å². The minimum Gasteiger partial charge on any atom is -0.322 e. The first-order valence-corrected chi connectivity index (χ1v) is 14.3. The van der Waals surface area contributed by atoms with Crippen LogP contribution in [0.5, 0.6) is 0 Å². The minimum atomic E-state index is 0.0339. The van der Waals surface area contributed by atoms with Gasteiger partial charge in [-0.2, -0.15) is 0 Å². The number of amides is 1. The van der Waals surface area contributed by atoms with E-state index in [1.165, 1.54) is 49.9 Å². The Hall–Kier alpha value is -2.51. The average Bonchev–Trinajstić information content (AvgIpc) is 3.28. The number of carbonyl (C=O) groups is 1. The number of aryl methyl sites for hydroxylation is 2. The van der Waals surface area contributed by atoms with Crippen molar-refractivity contribution in [2.24, 2.45) is 0 Å². The van der Waals surface area contributed by atoms with E-state index in [0.717, 1.165) is 63.2 Å². The highest BCUT2D eigenvalue weighted by molar-refractivity contribution is 7.21. The van der Waals surface area contributed by atoms with Crippen LogP contribution in [0.4, 0.5) is 0 Å². The molecule has 2 saturated carbocycles. The molecule has 1 amide bonds. The van der Waals surface area contributed by atoms with Crippen molar-refractivity contribution in [3.63, 3.8) is 0 Å². The first kappa shape index (κ1) is 22.7. The fourth-order valence-electron chi connectivity index (χ4n) is 7.50. The zero-order valence-corrected chi connectivity index (χ0v) is 22.3. The van der Waals surface area contributed by atoms with E-state index in [9.17, 15) is 4.79 Å². The summed E-state index contributed by atoms with van der Waals surface area (Å²) >= 11 is 8.21. The fraction of sp³-hybridized carbons (Fsp3) is 0.500. The van der Waals surface area contributed by atoms with Gasteiger partial charge >= 0.3 is 0 Å². The minimum absolute atomic E-state index is 0.0339. The number of rotatable bonds is 2. The summed E-state index contributed by atoms with van der Waals surface area (Å²) in [5.74, 6) is 0.170. The van der Waals surface area contributed by atoms with E-state index in [-0.39, 0.29) is 17.0 Å². The maximum Gasteiger partial charge on any atom is 0.265 e. The lowest BCUT2D eigenvalue weighted by Gasteiger charge is -2.27. The van der Waals surface area contributed by atoms with E-state index < -0.39 is 0 Å². The van der Waals surface area contributed by atoms with Gasteiger partial charge in [-0.1, -0.05) is 56.2 Å². The van der Waals surface area contributed by atoms with Crippen molar-refractivity contribution < 1.29 is 9.42 Å². The highest BCUT2D eigenvalue weighted by Gasteiger charge is 2.75. The van der Waals surface area contributed by atoms with Gasteiger partial charge in [0.1, 0.15) is 20.7 Å². The molecule has 2 spiro atoms. The zero-order chi connectivity index (χ0) is 24.7. The number of nitrogens with zero attached hydrogens (tertiary/aromatic N) is 4. The average molecular weight is 521 g/mol. The highest BCUT2D eigenvalue weighted by Crippen LogP contribution is 2.66. The molecule has 0 radical (unpaired) electrons. The largest absolute Gasteiger partial charge is 0.322 e. The smallest absolute Gasteiger partial charge is 0.265 e. The normalized spacial score (nSPS) is 20.6. The summed E-state index contributed by atoms with van der Waals surface area (Å²) in [6.45, 7) is 3.96. The summed E-state index contributed by atoms with van der Waals surface area (Å²) in [6.07, 6.45) is 12.0. The number of hydrogen-bond donors (Lipinski definition) is 0. The first-order valence-electron chi connectivity index (χ1n) is 13.1. The number of hydrogen-bond acceptors (Lipinski definition) is 6. The van der Waals surface area contributed by atoms with Crippen LogP contribution in [0.2, 0.25) is 5.02 Å². The Kier molecular flexibility index (Phi) is 5.03. The topological polar surface area (TPSA) is 71.9 Å². The summed E-state index contributed by atoms with van der Waals surface area (Å²) in [6, 6.07) is 5.87. The van der Waals surface area contributed by atoms with Crippen LogP contribution in [0.15, 0.2) is 22.8 Å². The van der Waals surface area contributed by atoms with Crippen molar-refractivity contribution in [2.75, 3.05) is 0 Å². The molecule has 4 heterocycles. The van der Waals surface area contributed by atoms with Gasteiger partial charge in [-0.3, -0.25) is 4.79 Å². The molecule has 1 aliphatic heterocycles. The molecule has 2 aliphatic carbocycles. The van der Waals surface area contributed by atoms with Crippen LogP contribution in [0, 0.1) is 13.8 Å². The van der Waals surface area contributed by atoms with Gasteiger partial charge in [0.05, 0.1) is 21.8 Å². The van der Waals surface area contributed by atoms with Gasteiger partial charge in [0.15, 0.2) is 0 Å². The molecule has 7 rings (SSSR count). The molecule has 6 nitrogen and oxygen atoms in total. The molecule has 4 aromatic rings. The van der Waals surface area contributed by atoms with Gasteiger partial charge in [0.2, 0.25) is 0 Å². The third-order valence-corrected chi connectivity index (χ3v) is 10.8. The van der Waals surface area contributed by atoms with E-state index in [1.807, 2.05) is 32.0 Å². The molecule has 186 valence electrons. The molecule has 3 aromatic heterocycles. The number of halogens is 1. The number of thiophene rings is 1.